The summed E-state index contributed by atoms with van der Waals surface area (Å²) in [5, 5.41) is 4.46. The van der Waals surface area contributed by atoms with Gasteiger partial charge in [0.05, 0.1) is 12.8 Å². The van der Waals surface area contributed by atoms with Gasteiger partial charge in [-0.3, -0.25) is 0 Å². The summed E-state index contributed by atoms with van der Waals surface area (Å²) < 4.78 is 11.7. The predicted octanol–water partition coefficient (Wildman–Crippen LogP) is 1.03. The lowest BCUT2D eigenvalue weighted by Gasteiger charge is -2.06. The number of aromatic nitrogens is 3. The number of rotatable bonds is 3. The lowest BCUT2D eigenvalue weighted by molar-refractivity contribution is 0.414. The van der Waals surface area contributed by atoms with E-state index in [0.29, 0.717) is 11.4 Å². The van der Waals surface area contributed by atoms with Gasteiger partial charge >= 0.3 is 11.6 Å². The first-order chi connectivity index (χ1) is 10.5. The third kappa shape index (κ3) is 2.14. The lowest BCUT2D eigenvalue weighted by Crippen LogP contribution is -2.14. The zero-order chi connectivity index (χ0) is 15.9. The van der Waals surface area contributed by atoms with E-state index in [0.717, 1.165) is 0 Å². The van der Waals surface area contributed by atoms with Gasteiger partial charge in [0, 0.05) is 14.1 Å². The van der Waals surface area contributed by atoms with Gasteiger partial charge in [-0.25, -0.2) is 9.48 Å². The number of fused-ring (bicyclic) bond motifs is 1. The normalized spacial score (nSPS) is 10.9. The van der Waals surface area contributed by atoms with E-state index < -0.39 is 5.63 Å². The first-order valence-electron chi connectivity index (χ1n) is 6.52. The van der Waals surface area contributed by atoms with E-state index in [-0.39, 0.29) is 22.9 Å². The van der Waals surface area contributed by atoms with Gasteiger partial charge < -0.3 is 19.8 Å². The summed E-state index contributed by atoms with van der Waals surface area (Å²) in [6.45, 7) is 0. The van der Waals surface area contributed by atoms with Crippen LogP contribution in [-0.4, -0.2) is 36.0 Å². The number of nitrogen functional groups attached to an aromatic ring is 1. The third-order valence-electron chi connectivity index (χ3n) is 3.19. The van der Waals surface area contributed by atoms with Crippen LogP contribution in [0, 0.1) is 0 Å². The van der Waals surface area contributed by atoms with Crippen LogP contribution in [0.3, 0.4) is 0 Å². The molecule has 1 aromatic carbocycles. The molecule has 0 atom stereocenters. The van der Waals surface area contributed by atoms with Crippen LogP contribution in [0.5, 0.6) is 5.75 Å². The molecule has 0 saturated carbocycles. The molecule has 0 bridgehead atoms. The van der Waals surface area contributed by atoms with Crippen molar-refractivity contribution in [1.29, 1.82) is 0 Å². The lowest BCUT2D eigenvalue weighted by atomic mass is 10.3. The second-order valence-corrected chi connectivity index (χ2v) is 4.87. The molecule has 0 fully saturated rings. The molecule has 8 heteroatoms. The molecule has 3 rings (SSSR count). The van der Waals surface area contributed by atoms with E-state index in [2.05, 4.69) is 10.1 Å². The highest BCUT2D eigenvalue weighted by molar-refractivity contribution is 5.86. The van der Waals surface area contributed by atoms with E-state index >= 15 is 0 Å². The van der Waals surface area contributed by atoms with Gasteiger partial charge in [-0.15, -0.1) is 5.10 Å². The fourth-order valence-electron chi connectivity index (χ4n) is 2.05. The molecule has 114 valence electrons. The fraction of sp³-hybridized carbons (Fsp3) is 0.214. The Morgan fingerprint density at radius 2 is 1.95 bits per heavy atom. The molecular weight excluding hydrogens is 286 g/mol. The minimum Gasteiger partial charge on any atom is -0.497 e. The van der Waals surface area contributed by atoms with Crippen LogP contribution in [0.15, 0.2) is 33.5 Å². The van der Waals surface area contributed by atoms with Crippen molar-refractivity contribution >= 4 is 22.9 Å². The maximum absolute atomic E-state index is 12.1. The zero-order valence-corrected chi connectivity index (χ0v) is 12.4. The highest BCUT2D eigenvalue weighted by Crippen LogP contribution is 2.23. The molecule has 22 heavy (non-hydrogen) atoms. The molecular formula is C14H15N5O3. The van der Waals surface area contributed by atoms with Crippen molar-refractivity contribution in [2.24, 2.45) is 0 Å². The van der Waals surface area contributed by atoms with Crippen LogP contribution >= 0.6 is 0 Å². The molecule has 2 heterocycles. The summed E-state index contributed by atoms with van der Waals surface area (Å²) in [6, 6.07) is 7.31. The minimum atomic E-state index is -0.564. The quantitative estimate of drug-likeness (QED) is 0.771. The Kier molecular flexibility index (Phi) is 3.21. The molecule has 0 radical (unpaired) electrons. The van der Waals surface area contributed by atoms with Crippen molar-refractivity contribution in [3.05, 3.63) is 34.7 Å². The molecule has 0 aliphatic carbocycles. The monoisotopic (exact) mass is 301 g/mol. The maximum Gasteiger partial charge on any atom is 0.353 e. The van der Waals surface area contributed by atoms with Crippen LogP contribution in [0.1, 0.15) is 0 Å². The standard InChI is InChI=1S/C14H15N5O3/c1-18(2)14-16-12-10(13(20)22-14)11(15)19(17-12)8-4-6-9(21-3)7-5-8/h4-7H,15H2,1-3H3. The molecule has 2 N–H and O–H groups in total. The Morgan fingerprint density at radius 1 is 1.27 bits per heavy atom. The average Bonchev–Trinajstić information content (AvgIpc) is 2.84. The summed E-state index contributed by atoms with van der Waals surface area (Å²) in [4.78, 5) is 17.9. The summed E-state index contributed by atoms with van der Waals surface area (Å²) in [7, 11) is 5.03. The highest BCUT2D eigenvalue weighted by Gasteiger charge is 2.18. The molecule has 0 unspecified atom stereocenters. The second kappa shape index (κ2) is 5.06. The Balaban J connectivity index is 2.20. The number of hydrogen-bond donors (Lipinski definition) is 1. The van der Waals surface area contributed by atoms with E-state index in [1.165, 1.54) is 4.68 Å². The highest BCUT2D eigenvalue weighted by atomic mass is 16.5. The summed E-state index contributed by atoms with van der Waals surface area (Å²) >= 11 is 0. The Morgan fingerprint density at radius 3 is 2.55 bits per heavy atom. The van der Waals surface area contributed by atoms with Gasteiger partial charge in [-0.05, 0) is 24.3 Å². The molecule has 8 nitrogen and oxygen atoms in total. The van der Waals surface area contributed by atoms with Gasteiger partial charge in [0.2, 0.25) is 0 Å². The summed E-state index contributed by atoms with van der Waals surface area (Å²) in [6.07, 6.45) is 0. The molecule has 0 saturated heterocycles. The van der Waals surface area contributed by atoms with E-state index in [1.54, 1.807) is 50.4 Å². The van der Waals surface area contributed by atoms with Gasteiger partial charge in [-0.2, -0.15) is 4.98 Å². The Bertz CT molecular complexity index is 880. The molecule has 3 aromatic rings. The van der Waals surface area contributed by atoms with Crippen LogP contribution in [-0.2, 0) is 0 Å². The number of methoxy groups -OCH3 is 1. The third-order valence-corrected chi connectivity index (χ3v) is 3.19. The van der Waals surface area contributed by atoms with Crippen molar-refractivity contribution in [3.8, 4) is 11.4 Å². The molecule has 2 aromatic heterocycles. The molecule has 0 spiro atoms. The Hall–Kier alpha value is -3.03. The van der Waals surface area contributed by atoms with Crippen LogP contribution < -0.4 is 21.0 Å². The smallest absolute Gasteiger partial charge is 0.353 e. The average molecular weight is 301 g/mol. The van der Waals surface area contributed by atoms with Gasteiger partial charge in [0.15, 0.2) is 5.65 Å². The summed E-state index contributed by atoms with van der Waals surface area (Å²) in [5.74, 6) is 0.901. The number of benzene rings is 1. The van der Waals surface area contributed by atoms with Crippen molar-refractivity contribution in [3.63, 3.8) is 0 Å². The number of anilines is 2. The van der Waals surface area contributed by atoms with E-state index in [9.17, 15) is 4.79 Å². The molecule has 0 amide bonds. The van der Waals surface area contributed by atoms with Gasteiger partial charge in [0.1, 0.15) is 17.0 Å². The van der Waals surface area contributed by atoms with Gasteiger partial charge in [0.25, 0.3) is 0 Å². The first-order valence-corrected chi connectivity index (χ1v) is 6.52. The largest absolute Gasteiger partial charge is 0.497 e. The van der Waals surface area contributed by atoms with E-state index in [1.807, 2.05) is 0 Å². The summed E-state index contributed by atoms with van der Waals surface area (Å²) in [5.41, 5.74) is 6.40. The zero-order valence-electron chi connectivity index (χ0n) is 12.4. The van der Waals surface area contributed by atoms with Crippen LogP contribution in [0.25, 0.3) is 16.7 Å². The van der Waals surface area contributed by atoms with Crippen LogP contribution in [0.2, 0.25) is 0 Å². The second-order valence-electron chi connectivity index (χ2n) is 4.87. The van der Waals surface area contributed by atoms with E-state index in [4.69, 9.17) is 14.9 Å². The number of hydrogen-bond acceptors (Lipinski definition) is 7. The Labute approximate surface area is 125 Å². The SMILES string of the molecule is COc1ccc(-n2nc3nc(N(C)C)oc(=O)c3c2N)cc1. The number of nitrogens with two attached hydrogens (primary N) is 1. The van der Waals surface area contributed by atoms with Crippen molar-refractivity contribution in [2.75, 3.05) is 31.8 Å². The fourth-order valence-corrected chi connectivity index (χ4v) is 2.05. The topological polar surface area (TPSA) is 99.4 Å². The predicted molar refractivity (Wildman–Crippen MR) is 82.7 cm³/mol. The van der Waals surface area contributed by atoms with Crippen LogP contribution in [0.4, 0.5) is 11.8 Å². The number of nitrogens with zero attached hydrogens (tertiary/aromatic N) is 4. The molecule has 0 aliphatic rings. The number of ether oxygens (including phenoxy) is 1. The van der Waals surface area contributed by atoms with Crippen molar-refractivity contribution < 1.29 is 9.15 Å². The minimum absolute atomic E-state index is 0.168. The molecule has 0 aliphatic heterocycles. The van der Waals surface area contributed by atoms with Crippen molar-refractivity contribution in [2.45, 2.75) is 0 Å². The van der Waals surface area contributed by atoms with Gasteiger partial charge in [-0.1, -0.05) is 0 Å². The maximum atomic E-state index is 12.1. The van der Waals surface area contributed by atoms with Crippen molar-refractivity contribution in [1.82, 2.24) is 14.8 Å². The first kappa shape index (κ1) is 13.9.